The third-order valence-corrected chi connectivity index (χ3v) is 2.70. The van der Waals surface area contributed by atoms with E-state index >= 15 is 0 Å². The van der Waals surface area contributed by atoms with E-state index < -0.39 is 11.7 Å². The van der Waals surface area contributed by atoms with E-state index in [0.717, 1.165) is 0 Å². The van der Waals surface area contributed by atoms with Gasteiger partial charge >= 0.3 is 5.92 Å². The second kappa shape index (κ2) is 6.12. The fraction of sp³-hybridized carbons (Fsp3) is 0.118. The third kappa shape index (κ3) is 3.76. The molecule has 0 fully saturated rings. The highest BCUT2D eigenvalue weighted by Gasteiger charge is 2.35. The van der Waals surface area contributed by atoms with E-state index in [1.165, 1.54) is 0 Å². The van der Waals surface area contributed by atoms with Gasteiger partial charge in [-0.15, -0.1) is 0 Å². The summed E-state index contributed by atoms with van der Waals surface area (Å²) in [6.07, 6.45) is -0.322. The van der Waals surface area contributed by atoms with Crippen LogP contribution in [0.3, 0.4) is 0 Å². The summed E-state index contributed by atoms with van der Waals surface area (Å²) in [5.74, 6) is -0.728. The summed E-state index contributed by atoms with van der Waals surface area (Å²) in [5.41, 5.74) is 1.01. The van der Waals surface area contributed by atoms with E-state index in [-0.39, 0.29) is 6.42 Å². The van der Waals surface area contributed by atoms with Crippen LogP contribution in [0.1, 0.15) is 11.1 Å². The molecule has 0 N–H and O–H groups in total. The molecule has 0 heterocycles. The van der Waals surface area contributed by atoms with Gasteiger partial charge in [0.1, 0.15) is 0 Å². The summed E-state index contributed by atoms with van der Waals surface area (Å²) in [4.78, 5) is 11.6. The zero-order valence-corrected chi connectivity index (χ0v) is 10.6. The van der Waals surface area contributed by atoms with Gasteiger partial charge in [0.05, 0.1) is 0 Å². The van der Waals surface area contributed by atoms with Gasteiger partial charge in [-0.3, -0.25) is 4.79 Å². The van der Waals surface area contributed by atoms with Gasteiger partial charge in [-0.25, -0.2) is 0 Å². The number of ketones is 1. The van der Waals surface area contributed by atoms with Crippen molar-refractivity contribution in [2.75, 3.05) is 0 Å². The van der Waals surface area contributed by atoms with Gasteiger partial charge in [0.15, 0.2) is 0 Å². The molecule has 100 valence electrons. The molecule has 3 heteroatoms. The number of hydrogen-bond donors (Lipinski definition) is 0. The van der Waals surface area contributed by atoms with Crippen LogP contribution in [-0.4, -0.2) is 11.7 Å². The Bertz CT molecular complexity index is 637. The standard InChI is InChI=1S/C17H12F2O/c18-17(19,12-11-14-7-3-1-4-8-14)16(20)13-15-9-5-2-6-10-15/h1-10H,13H2. The van der Waals surface area contributed by atoms with Gasteiger partial charge in [-0.05, 0) is 23.6 Å². The lowest BCUT2D eigenvalue weighted by Gasteiger charge is -2.07. The van der Waals surface area contributed by atoms with Crippen LogP contribution in [0.25, 0.3) is 0 Å². The van der Waals surface area contributed by atoms with Crippen LogP contribution in [-0.2, 0) is 11.2 Å². The quantitative estimate of drug-likeness (QED) is 0.780. The summed E-state index contributed by atoms with van der Waals surface area (Å²) in [7, 11) is 0. The highest BCUT2D eigenvalue weighted by atomic mass is 19.3. The van der Waals surface area contributed by atoms with Crippen LogP contribution in [0.2, 0.25) is 0 Å². The Labute approximate surface area is 116 Å². The maximum Gasteiger partial charge on any atom is 0.366 e. The van der Waals surface area contributed by atoms with E-state index in [0.29, 0.717) is 11.1 Å². The van der Waals surface area contributed by atoms with Gasteiger partial charge in [-0.2, -0.15) is 8.78 Å². The fourth-order valence-electron chi connectivity index (χ4n) is 1.63. The van der Waals surface area contributed by atoms with Gasteiger partial charge in [0.2, 0.25) is 5.78 Å². The number of benzene rings is 2. The Morgan fingerprint density at radius 1 is 0.950 bits per heavy atom. The Balaban J connectivity index is 2.10. The number of halogens is 2. The maximum atomic E-state index is 13.7. The first-order valence-electron chi connectivity index (χ1n) is 6.11. The van der Waals surface area contributed by atoms with Crippen LogP contribution in [0.5, 0.6) is 0 Å². The number of carbonyl (C=O) groups is 1. The predicted octanol–water partition coefficient (Wildman–Crippen LogP) is 3.49. The summed E-state index contributed by atoms with van der Waals surface area (Å²) in [6, 6.07) is 16.9. The average Bonchev–Trinajstić information content (AvgIpc) is 2.47. The van der Waals surface area contributed by atoms with Crippen molar-refractivity contribution in [3.8, 4) is 11.8 Å². The number of Topliss-reactive ketones (excluding diaryl/α,β-unsaturated/α-hetero) is 1. The maximum absolute atomic E-state index is 13.7. The Kier molecular flexibility index (Phi) is 4.27. The van der Waals surface area contributed by atoms with E-state index in [1.807, 2.05) is 0 Å². The van der Waals surface area contributed by atoms with Crippen molar-refractivity contribution in [2.24, 2.45) is 0 Å². The van der Waals surface area contributed by atoms with Crippen LogP contribution < -0.4 is 0 Å². The summed E-state index contributed by atoms with van der Waals surface area (Å²) >= 11 is 0. The zero-order valence-electron chi connectivity index (χ0n) is 10.6. The molecule has 1 nitrogen and oxygen atoms in total. The molecule has 0 unspecified atom stereocenters. The molecule has 0 aliphatic rings. The molecule has 0 atom stereocenters. The van der Waals surface area contributed by atoms with Gasteiger partial charge in [-0.1, -0.05) is 54.5 Å². The lowest BCUT2D eigenvalue weighted by atomic mass is 10.0. The van der Waals surface area contributed by atoms with Crippen molar-refractivity contribution in [1.29, 1.82) is 0 Å². The smallest absolute Gasteiger partial charge is 0.291 e. The van der Waals surface area contributed by atoms with Crippen molar-refractivity contribution in [1.82, 2.24) is 0 Å². The van der Waals surface area contributed by atoms with Crippen LogP contribution in [0, 0.1) is 11.8 Å². The van der Waals surface area contributed by atoms with Crippen molar-refractivity contribution in [3.63, 3.8) is 0 Å². The minimum Gasteiger partial charge on any atom is -0.291 e. The first kappa shape index (κ1) is 14.0. The molecule has 0 amide bonds. The average molecular weight is 270 g/mol. The molecule has 0 spiro atoms. The second-order valence-electron chi connectivity index (χ2n) is 4.28. The van der Waals surface area contributed by atoms with Crippen molar-refractivity contribution >= 4 is 5.78 Å². The molecule has 0 aliphatic heterocycles. The van der Waals surface area contributed by atoms with Crippen LogP contribution in [0.4, 0.5) is 8.78 Å². The molecular formula is C17H12F2O. The Morgan fingerprint density at radius 2 is 1.50 bits per heavy atom. The van der Waals surface area contributed by atoms with Gasteiger partial charge < -0.3 is 0 Å². The van der Waals surface area contributed by atoms with E-state index in [4.69, 9.17) is 0 Å². The highest BCUT2D eigenvalue weighted by molar-refractivity contribution is 5.90. The van der Waals surface area contributed by atoms with Crippen molar-refractivity contribution < 1.29 is 13.6 Å². The molecule has 20 heavy (non-hydrogen) atoms. The first-order valence-corrected chi connectivity index (χ1v) is 6.11. The molecule has 0 saturated carbocycles. The molecule has 2 rings (SSSR count). The SMILES string of the molecule is O=C(Cc1ccccc1)C(F)(F)C#Cc1ccccc1. The molecule has 0 bridgehead atoms. The molecule has 2 aromatic carbocycles. The molecule has 2 aromatic rings. The van der Waals surface area contributed by atoms with E-state index in [9.17, 15) is 13.6 Å². The van der Waals surface area contributed by atoms with E-state index in [1.54, 1.807) is 66.6 Å². The Hall–Kier alpha value is -2.47. The minimum absolute atomic E-state index is 0.322. The highest BCUT2D eigenvalue weighted by Crippen LogP contribution is 2.17. The normalized spacial score (nSPS) is 10.5. The summed E-state index contributed by atoms with van der Waals surface area (Å²) < 4.78 is 27.3. The van der Waals surface area contributed by atoms with E-state index in [2.05, 4.69) is 5.92 Å². The number of alkyl halides is 2. The predicted molar refractivity (Wildman–Crippen MR) is 73.4 cm³/mol. The zero-order chi connectivity index (χ0) is 14.4. The molecule has 0 aliphatic carbocycles. The second-order valence-corrected chi connectivity index (χ2v) is 4.28. The molecular weight excluding hydrogens is 258 g/mol. The first-order chi connectivity index (χ1) is 9.58. The van der Waals surface area contributed by atoms with Crippen LogP contribution >= 0.6 is 0 Å². The fourth-order valence-corrected chi connectivity index (χ4v) is 1.63. The molecule has 0 aromatic heterocycles. The van der Waals surface area contributed by atoms with Crippen molar-refractivity contribution in [2.45, 2.75) is 12.3 Å². The van der Waals surface area contributed by atoms with Crippen molar-refractivity contribution in [3.05, 3.63) is 71.8 Å². The number of rotatable bonds is 3. The topological polar surface area (TPSA) is 17.1 Å². The Morgan fingerprint density at radius 3 is 2.10 bits per heavy atom. The van der Waals surface area contributed by atoms with Gasteiger partial charge in [0.25, 0.3) is 0 Å². The summed E-state index contributed by atoms with van der Waals surface area (Å²) in [6.45, 7) is 0. The van der Waals surface area contributed by atoms with Gasteiger partial charge in [0, 0.05) is 12.0 Å². The summed E-state index contributed by atoms with van der Waals surface area (Å²) in [5, 5.41) is 0. The lowest BCUT2D eigenvalue weighted by Crippen LogP contribution is -2.28. The number of hydrogen-bond acceptors (Lipinski definition) is 1. The molecule has 0 radical (unpaired) electrons. The van der Waals surface area contributed by atoms with Crippen LogP contribution in [0.15, 0.2) is 60.7 Å². The molecule has 0 saturated heterocycles. The largest absolute Gasteiger partial charge is 0.366 e. The lowest BCUT2D eigenvalue weighted by molar-refractivity contribution is -0.135. The monoisotopic (exact) mass is 270 g/mol. The number of carbonyl (C=O) groups excluding carboxylic acids is 1. The minimum atomic E-state index is -3.63. The third-order valence-electron chi connectivity index (χ3n) is 2.70.